The molecule has 5 nitrogen and oxygen atoms in total. The van der Waals surface area contributed by atoms with Crippen LogP contribution in [-0.2, 0) is 9.47 Å². The van der Waals surface area contributed by atoms with Gasteiger partial charge in [0.25, 0.3) is 0 Å². The average Bonchev–Trinajstić information content (AvgIpc) is 2.98. The molecular formula is C15H28N2O3. The van der Waals surface area contributed by atoms with E-state index < -0.39 is 0 Å². The second-order valence-corrected chi connectivity index (χ2v) is 4.87. The molecule has 1 N–H and O–H groups in total. The van der Waals surface area contributed by atoms with Crippen LogP contribution >= 0.6 is 0 Å². The van der Waals surface area contributed by atoms with E-state index in [1.54, 1.807) is 20.5 Å². The van der Waals surface area contributed by atoms with Gasteiger partial charge >= 0.3 is 0 Å². The molecule has 1 aromatic rings. The highest BCUT2D eigenvalue weighted by Gasteiger charge is 2.09. The largest absolute Gasteiger partial charge is 0.468 e. The standard InChI is InChI=1S/C15H28N2O3/c1-14(15-6-4-12-20-15)16-7-9-17(10-13-19-3)8-5-11-18-2/h4,6,12,14,16H,5,7-11,13H2,1-3H3. The van der Waals surface area contributed by atoms with Crippen molar-refractivity contribution in [2.45, 2.75) is 19.4 Å². The van der Waals surface area contributed by atoms with Crippen LogP contribution in [0.5, 0.6) is 0 Å². The van der Waals surface area contributed by atoms with E-state index in [9.17, 15) is 0 Å². The van der Waals surface area contributed by atoms with Crippen molar-refractivity contribution in [3.8, 4) is 0 Å². The third-order valence-corrected chi connectivity index (χ3v) is 3.28. The van der Waals surface area contributed by atoms with Crippen molar-refractivity contribution in [2.75, 3.05) is 53.6 Å². The first-order chi connectivity index (χ1) is 9.77. The summed E-state index contributed by atoms with van der Waals surface area (Å²) in [6, 6.07) is 4.16. The molecule has 0 bridgehead atoms. The highest BCUT2D eigenvalue weighted by molar-refractivity contribution is 5.02. The fraction of sp³-hybridized carbons (Fsp3) is 0.733. The lowest BCUT2D eigenvalue weighted by Crippen LogP contribution is -2.36. The molecule has 1 heterocycles. The molecule has 20 heavy (non-hydrogen) atoms. The molecule has 0 aliphatic carbocycles. The number of methoxy groups -OCH3 is 2. The zero-order valence-electron chi connectivity index (χ0n) is 12.9. The minimum absolute atomic E-state index is 0.244. The lowest BCUT2D eigenvalue weighted by Gasteiger charge is -2.23. The van der Waals surface area contributed by atoms with Gasteiger partial charge in [-0.3, -0.25) is 4.90 Å². The normalized spacial score (nSPS) is 13.0. The van der Waals surface area contributed by atoms with E-state index >= 15 is 0 Å². The second kappa shape index (κ2) is 10.9. The molecule has 1 aromatic heterocycles. The summed E-state index contributed by atoms with van der Waals surface area (Å²) in [4.78, 5) is 2.39. The molecule has 5 heteroatoms. The molecule has 0 radical (unpaired) electrons. The topological polar surface area (TPSA) is 46.9 Å². The Morgan fingerprint density at radius 3 is 2.65 bits per heavy atom. The van der Waals surface area contributed by atoms with Gasteiger partial charge in [0.2, 0.25) is 0 Å². The summed E-state index contributed by atoms with van der Waals surface area (Å²) in [6.45, 7) is 7.60. The van der Waals surface area contributed by atoms with Crippen molar-refractivity contribution < 1.29 is 13.9 Å². The Bertz CT molecular complexity index is 317. The summed E-state index contributed by atoms with van der Waals surface area (Å²) in [5, 5.41) is 3.47. The third kappa shape index (κ3) is 7.05. The van der Waals surface area contributed by atoms with E-state index in [0.29, 0.717) is 0 Å². The summed E-state index contributed by atoms with van der Waals surface area (Å²) >= 11 is 0. The van der Waals surface area contributed by atoms with Crippen LogP contribution in [0.1, 0.15) is 25.1 Å². The predicted octanol–water partition coefficient (Wildman–Crippen LogP) is 1.92. The molecule has 0 aromatic carbocycles. The SMILES string of the molecule is COCCCN(CCNC(C)c1ccco1)CCOC. The van der Waals surface area contributed by atoms with E-state index in [1.165, 1.54) is 0 Å². The predicted molar refractivity (Wildman–Crippen MR) is 79.9 cm³/mol. The van der Waals surface area contributed by atoms with Gasteiger partial charge < -0.3 is 19.2 Å². The van der Waals surface area contributed by atoms with E-state index in [0.717, 1.165) is 51.6 Å². The van der Waals surface area contributed by atoms with Crippen LogP contribution in [0, 0.1) is 0 Å². The van der Waals surface area contributed by atoms with Gasteiger partial charge in [-0.05, 0) is 25.5 Å². The quantitative estimate of drug-likeness (QED) is 0.594. The molecular weight excluding hydrogens is 256 g/mol. The van der Waals surface area contributed by atoms with Crippen LogP contribution in [-0.4, -0.2) is 58.5 Å². The van der Waals surface area contributed by atoms with Gasteiger partial charge in [-0.15, -0.1) is 0 Å². The first-order valence-electron chi connectivity index (χ1n) is 7.25. The van der Waals surface area contributed by atoms with Gasteiger partial charge in [0, 0.05) is 47.0 Å². The number of furan rings is 1. The van der Waals surface area contributed by atoms with Crippen molar-refractivity contribution in [3.63, 3.8) is 0 Å². The molecule has 116 valence electrons. The maximum Gasteiger partial charge on any atom is 0.120 e. The van der Waals surface area contributed by atoms with Crippen LogP contribution in [0.2, 0.25) is 0 Å². The van der Waals surface area contributed by atoms with Gasteiger partial charge in [-0.1, -0.05) is 0 Å². The van der Waals surface area contributed by atoms with Gasteiger partial charge in [-0.2, -0.15) is 0 Å². The number of nitrogens with one attached hydrogen (secondary N) is 1. The fourth-order valence-electron chi connectivity index (χ4n) is 2.07. The molecule has 0 saturated heterocycles. The monoisotopic (exact) mass is 284 g/mol. The maximum absolute atomic E-state index is 5.38. The van der Waals surface area contributed by atoms with E-state index in [4.69, 9.17) is 13.9 Å². The summed E-state index contributed by atoms with van der Waals surface area (Å²) < 4.78 is 15.6. The van der Waals surface area contributed by atoms with Crippen molar-refractivity contribution in [1.29, 1.82) is 0 Å². The first-order valence-corrected chi connectivity index (χ1v) is 7.25. The van der Waals surface area contributed by atoms with Crippen LogP contribution in [0.3, 0.4) is 0 Å². The van der Waals surface area contributed by atoms with Crippen LogP contribution in [0.15, 0.2) is 22.8 Å². The highest BCUT2D eigenvalue weighted by atomic mass is 16.5. The van der Waals surface area contributed by atoms with E-state index in [1.807, 2.05) is 12.1 Å². The molecule has 0 aliphatic heterocycles. The van der Waals surface area contributed by atoms with Crippen LogP contribution < -0.4 is 5.32 Å². The number of hydrogen-bond donors (Lipinski definition) is 1. The van der Waals surface area contributed by atoms with E-state index in [2.05, 4.69) is 17.1 Å². The summed E-state index contributed by atoms with van der Waals surface area (Å²) in [7, 11) is 3.48. The average molecular weight is 284 g/mol. The zero-order chi connectivity index (χ0) is 14.6. The van der Waals surface area contributed by atoms with Crippen LogP contribution in [0.25, 0.3) is 0 Å². The van der Waals surface area contributed by atoms with Gasteiger partial charge in [0.15, 0.2) is 0 Å². The van der Waals surface area contributed by atoms with Gasteiger partial charge in [0.05, 0.1) is 18.9 Å². The molecule has 1 atom stereocenters. The highest BCUT2D eigenvalue weighted by Crippen LogP contribution is 2.11. The molecule has 0 amide bonds. The summed E-state index contributed by atoms with van der Waals surface area (Å²) in [5.74, 6) is 0.979. The molecule has 1 rings (SSSR count). The van der Waals surface area contributed by atoms with Crippen molar-refractivity contribution in [1.82, 2.24) is 10.2 Å². The number of rotatable bonds is 12. The lowest BCUT2D eigenvalue weighted by atomic mass is 10.2. The van der Waals surface area contributed by atoms with Crippen molar-refractivity contribution >= 4 is 0 Å². The Balaban J connectivity index is 2.22. The Kier molecular flexibility index (Phi) is 9.32. The minimum Gasteiger partial charge on any atom is -0.468 e. The Morgan fingerprint density at radius 1 is 1.20 bits per heavy atom. The number of ether oxygens (including phenoxy) is 2. The molecule has 0 spiro atoms. The van der Waals surface area contributed by atoms with Gasteiger partial charge in [0.1, 0.15) is 5.76 Å². The summed E-state index contributed by atoms with van der Waals surface area (Å²) in [6.07, 6.45) is 2.76. The molecule has 0 aliphatic rings. The van der Waals surface area contributed by atoms with E-state index in [-0.39, 0.29) is 6.04 Å². The fourth-order valence-corrected chi connectivity index (χ4v) is 2.07. The lowest BCUT2D eigenvalue weighted by molar-refractivity contribution is 0.132. The Hall–Kier alpha value is -0.880. The maximum atomic E-state index is 5.38. The molecule has 1 unspecified atom stereocenters. The van der Waals surface area contributed by atoms with Crippen LogP contribution in [0.4, 0.5) is 0 Å². The Labute approximate surface area is 122 Å². The van der Waals surface area contributed by atoms with Gasteiger partial charge in [-0.25, -0.2) is 0 Å². The number of nitrogens with zero attached hydrogens (tertiary/aromatic N) is 1. The molecule has 0 fully saturated rings. The minimum atomic E-state index is 0.244. The first kappa shape index (κ1) is 17.2. The molecule has 0 saturated carbocycles. The Morgan fingerprint density at radius 2 is 2.00 bits per heavy atom. The van der Waals surface area contributed by atoms with Crippen molar-refractivity contribution in [2.24, 2.45) is 0 Å². The van der Waals surface area contributed by atoms with Crippen molar-refractivity contribution in [3.05, 3.63) is 24.2 Å². The zero-order valence-corrected chi connectivity index (χ0v) is 12.9. The smallest absolute Gasteiger partial charge is 0.120 e. The number of hydrogen-bond acceptors (Lipinski definition) is 5. The third-order valence-electron chi connectivity index (χ3n) is 3.28. The summed E-state index contributed by atoms with van der Waals surface area (Å²) in [5.41, 5.74) is 0. The second-order valence-electron chi connectivity index (χ2n) is 4.87.